The van der Waals surface area contributed by atoms with Crippen LogP contribution in [0.5, 0.6) is 0 Å². The molecule has 0 aromatic heterocycles. The van der Waals surface area contributed by atoms with Crippen molar-refractivity contribution >= 4 is 23.3 Å². The molecule has 1 aromatic carbocycles. The molecule has 0 saturated carbocycles. The highest BCUT2D eigenvalue weighted by atomic mass is 16.6. The van der Waals surface area contributed by atoms with Crippen molar-refractivity contribution in [3.8, 4) is 0 Å². The summed E-state index contributed by atoms with van der Waals surface area (Å²) in [5, 5.41) is 22.5. The fourth-order valence-electron chi connectivity index (χ4n) is 1.84. The van der Waals surface area contributed by atoms with E-state index in [-0.39, 0.29) is 12.5 Å². The molecule has 0 atom stereocenters. The molecule has 0 fully saturated rings. The molecular weight excluding hydrogens is 278 g/mol. The van der Waals surface area contributed by atoms with E-state index in [0.717, 1.165) is 12.1 Å². The van der Waals surface area contributed by atoms with Gasteiger partial charge in [-0.1, -0.05) is 0 Å². The normalized spacial score (nSPS) is 10.0. The Morgan fingerprint density at radius 1 is 1.33 bits per heavy atom. The maximum Gasteiger partial charge on any atom is 0.342 e. The van der Waals surface area contributed by atoms with E-state index >= 15 is 0 Å². The second-order valence-corrected chi connectivity index (χ2v) is 4.21. The van der Waals surface area contributed by atoms with Gasteiger partial charge in [0.15, 0.2) is 0 Å². The van der Waals surface area contributed by atoms with Crippen LogP contribution in [-0.4, -0.2) is 46.4 Å². The lowest BCUT2D eigenvalue weighted by molar-refractivity contribution is -0.385. The van der Waals surface area contributed by atoms with Crippen LogP contribution in [0.2, 0.25) is 0 Å². The van der Waals surface area contributed by atoms with E-state index in [1.165, 1.54) is 6.07 Å². The summed E-state index contributed by atoms with van der Waals surface area (Å²) >= 11 is 0. The van der Waals surface area contributed by atoms with Gasteiger partial charge in [-0.15, -0.1) is 0 Å². The highest BCUT2D eigenvalue weighted by Crippen LogP contribution is 2.22. The monoisotopic (exact) mass is 295 g/mol. The highest BCUT2D eigenvalue weighted by Gasteiger charge is 2.20. The summed E-state index contributed by atoms with van der Waals surface area (Å²) < 4.78 is 0. The molecule has 8 heteroatoms. The number of likely N-dealkylation sites (N-methyl/N-ethyl adjacent to an activating group) is 1. The van der Waals surface area contributed by atoms with Crippen molar-refractivity contribution in [1.29, 1.82) is 0 Å². The van der Waals surface area contributed by atoms with Crippen molar-refractivity contribution < 1.29 is 19.6 Å². The predicted molar refractivity (Wildman–Crippen MR) is 76.5 cm³/mol. The first kappa shape index (κ1) is 16.4. The van der Waals surface area contributed by atoms with E-state index in [1.54, 1.807) is 4.90 Å². The third-order valence-electron chi connectivity index (χ3n) is 2.98. The lowest BCUT2D eigenvalue weighted by atomic mass is 10.1. The zero-order chi connectivity index (χ0) is 16.0. The summed E-state index contributed by atoms with van der Waals surface area (Å²) in [6.45, 7) is 4.87. The number of hydrogen-bond donors (Lipinski definition) is 2. The van der Waals surface area contributed by atoms with Crippen LogP contribution in [0, 0.1) is 10.1 Å². The maximum absolute atomic E-state index is 11.8. The van der Waals surface area contributed by atoms with Crippen molar-refractivity contribution in [3.05, 3.63) is 33.9 Å². The SMILES string of the molecule is CCN(CC)C(=O)CNc1ccc([N+](=O)[O-])c(C(=O)O)c1. The molecule has 0 aliphatic rings. The number of benzene rings is 1. The molecule has 8 nitrogen and oxygen atoms in total. The Morgan fingerprint density at radius 2 is 1.95 bits per heavy atom. The largest absolute Gasteiger partial charge is 0.477 e. The molecule has 0 saturated heterocycles. The molecule has 0 spiro atoms. The van der Waals surface area contributed by atoms with Crippen molar-refractivity contribution in [2.75, 3.05) is 25.0 Å². The first-order chi connectivity index (χ1) is 9.90. The van der Waals surface area contributed by atoms with Crippen LogP contribution in [0.25, 0.3) is 0 Å². The second-order valence-electron chi connectivity index (χ2n) is 4.21. The Hall–Kier alpha value is -2.64. The number of nitro groups is 1. The van der Waals surface area contributed by atoms with E-state index in [1.807, 2.05) is 13.8 Å². The Kier molecular flexibility index (Phi) is 5.65. The first-order valence-corrected chi connectivity index (χ1v) is 6.44. The van der Waals surface area contributed by atoms with Crippen LogP contribution in [0.4, 0.5) is 11.4 Å². The van der Waals surface area contributed by atoms with Crippen molar-refractivity contribution in [1.82, 2.24) is 4.90 Å². The number of carboxylic acid groups (broad SMARTS) is 1. The third-order valence-corrected chi connectivity index (χ3v) is 2.98. The van der Waals surface area contributed by atoms with Gasteiger partial charge in [-0.05, 0) is 26.0 Å². The summed E-state index contributed by atoms with van der Waals surface area (Å²) in [5.41, 5.74) is -0.554. The van der Waals surface area contributed by atoms with Gasteiger partial charge in [0, 0.05) is 24.8 Å². The van der Waals surface area contributed by atoms with E-state index in [0.29, 0.717) is 18.8 Å². The van der Waals surface area contributed by atoms with Gasteiger partial charge in [-0.3, -0.25) is 14.9 Å². The van der Waals surface area contributed by atoms with E-state index in [4.69, 9.17) is 5.11 Å². The van der Waals surface area contributed by atoms with E-state index in [9.17, 15) is 19.7 Å². The molecule has 114 valence electrons. The second kappa shape index (κ2) is 7.22. The van der Waals surface area contributed by atoms with Gasteiger partial charge in [0.1, 0.15) is 5.56 Å². The van der Waals surface area contributed by atoms with E-state index in [2.05, 4.69) is 5.32 Å². The number of carbonyl (C=O) groups excluding carboxylic acids is 1. The van der Waals surface area contributed by atoms with Crippen LogP contribution in [0.3, 0.4) is 0 Å². The van der Waals surface area contributed by atoms with Crippen LogP contribution >= 0.6 is 0 Å². The van der Waals surface area contributed by atoms with Gasteiger partial charge in [-0.25, -0.2) is 4.79 Å². The van der Waals surface area contributed by atoms with Gasteiger partial charge >= 0.3 is 5.97 Å². The van der Waals surface area contributed by atoms with Crippen LogP contribution in [0.15, 0.2) is 18.2 Å². The average molecular weight is 295 g/mol. The molecule has 1 aromatic rings. The number of anilines is 1. The molecule has 0 heterocycles. The Balaban J connectivity index is 2.86. The quantitative estimate of drug-likeness (QED) is 0.583. The van der Waals surface area contributed by atoms with Gasteiger partial charge in [0.05, 0.1) is 11.5 Å². The number of nitrogens with zero attached hydrogens (tertiary/aromatic N) is 2. The van der Waals surface area contributed by atoms with Gasteiger partial charge < -0.3 is 15.3 Å². The number of nitro benzene ring substituents is 1. The Labute approximate surface area is 121 Å². The molecule has 0 bridgehead atoms. The minimum atomic E-state index is -1.39. The molecular formula is C13H17N3O5. The zero-order valence-corrected chi connectivity index (χ0v) is 11.8. The lowest BCUT2D eigenvalue weighted by Crippen LogP contribution is -2.35. The molecule has 0 unspecified atom stereocenters. The van der Waals surface area contributed by atoms with Crippen LogP contribution in [-0.2, 0) is 4.79 Å². The smallest absolute Gasteiger partial charge is 0.342 e. The minimum Gasteiger partial charge on any atom is -0.477 e. The first-order valence-electron chi connectivity index (χ1n) is 6.44. The van der Waals surface area contributed by atoms with Gasteiger partial charge in [0.25, 0.3) is 5.69 Å². The number of hydrogen-bond acceptors (Lipinski definition) is 5. The number of carbonyl (C=O) groups is 2. The molecule has 1 rings (SSSR count). The summed E-state index contributed by atoms with van der Waals surface area (Å²) in [7, 11) is 0. The van der Waals surface area contributed by atoms with Crippen molar-refractivity contribution in [2.45, 2.75) is 13.8 Å². The van der Waals surface area contributed by atoms with Crippen LogP contribution in [0.1, 0.15) is 24.2 Å². The fraction of sp³-hybridized carbons (Fsp3) is 0.385. The van der Waals surface area contributed by atoms with Crippen molar-refractivity contribution in [2.24, 2.45) is 0 Å². The molecule has 21 heavy (non-hydrogen) atoms. The standard InChI is InChI=1S/C13H17N3O5/c1-3-15(4-2)12(17)8-14-9-5-6-11(16(20)21)10(7-9)13(18)19/h5-7,14H,3-4,8H2,1-2H3,(H,18,19). The summed E-state index contributed by atoms with van der Waals surface area (Å²) in [6.07, 6.45) is 0. The van der Waals surface area contributed by atoms with E-state index < -0.39 is 22.1 Å². The number of carboxylic acids is 1. The number of nitrogens with one attached hydrogen (secondary N) is 1. The Morgan fingerprint density at radius 3 is 2.43 bits per heavy atom. The number of amides is 1. The predicted octanol–water partition coefficient (Wildman–Crippen LogP) is 1.57. The molecule has 2 N–H and O–H groups in total. The van der Waals surface area contributed by atoms with Crippen LogP contribution < -0.4 is 5.32 Å². The maximum atomic E-state index is 11.8. The van der Waals surface area contributed by atoms with Gasteiger partial charge in [-0.2, -0.15) is 0 Å². The lowest BCUT2D eigenvalue weighted by Gasteiger charge is -2.19. The van der Waals surface area contributed by atoms with Gasteiger partial charge in [0.2, 0.25) is 5.91 Å². The zero-order valence-electron chi connectivity index (χ0n) is 11.8. The molecule has 0 radical (unpaired) electrons. The molecule has 1 amide bonds. The summed E-state index contributed by atoms with van der Waals surface area (Å²) in [6, 6.07) is 3.63. The topological polar surface area (TPSA) is 113 Å². The minimum absolute atomic E-state index is 0.00144. The molecule has 0 aliphatic carbocycles. The summed E-state index contributed by atoms with van der Waals surface area (Å²) in [4.78, 5) is 34.4. The third kappa shape index (κ3) is 4.16. The number of aromatic carboxylic acids is 1. The summed E-state index contributed by atoms with van der Waals surface area (Å²) in [5.74, 6) is -1.52. The fourth-order valence-corrected chi connectivity index (χ4v) is 1.84. The highest BCUT2D eigenvalue weighted by molar-refractivity contribution is 5.93. The van der Waals surface area contributed by atoms with Crippen molar-refractivity contribution in [3.63, 3.8) is 0 Å². The molecule has 0 aliphatic heterocycles. The average Bonchev–Trinajstić information content (AvgIpc) is 2.45. The Bertz CT molecular complexity index is 555. The number of rotatable bonds is 7.